The zero-order valence-corrected chi connectivity index (χ0v) is 10.2. The lowest BCUT2D eigenvalue weighted by Crippen LogP contribution is -2.12. The van der Waals surface area contributed by atoms with Gasteiger partial charge in [0.25, 0.3) is 0 Å². The number of benzene rings is 1. The number of methoxy groups -OCH3 is 1. The van der Waals surface area contributed by atoms with Crippen LogP contribution in [0.3, 0.4) is 0 Å². The number of aromatic nitrogens is 2. The third kappa shape index (κ3) is 2.95. The van der Waals surface area contributed by atoms with Gasteiger partial charge in [0.05, 0.1) is 13.7 Å². The van der Waals surface area contributed by atoms with Crippen LogP contribution >= 0.6 is 0 Å². The first kappa shape index (κ1) is 12.3. The third-order valence-electron chi connectivity index (χ3n) is 2.37. The van der Waals surface area contributed by atoms with Crippen LogP contribution in [-0.2, 0) is 6.54 Å². The zero-order chi connectivity index (χ0) is 12.8. The molecule has 0 aliphatic heterocycles. The van der Waals surface area contributed by atoms with Crippen molar-refractivity contribution in [2.45, 2.75) is 6.54 Å². The first-order chi connectivity index (χ1) is 8.83. The van der Waals surface area contributed by atoms with Crippen LogP contribution in [0.2, 0.25) is 0 Å². The Morgan fingerprint density at radius 1 is 1.33 bits per heavy atom. The van der Waals surface area contributed by atoms with Crippen LogP contribution in [0.25, 0.3) is 11.5 Å². The second-order valence-electron chi connectivity index (χ2n) is 3.65. The summed E-state index contributed by atoms with van der Waals surface area (Å²) in [5.74, 6) is 1.86. The molecule has 0 atom stereocenters. The number of hydrogen-bond acceptors (Lipinski definition) is 5. The smallest absolute Gasteiger partial charge is 0.247 e. The molecule has 18 heavy (non-hydrogen) atoms. The van der Waals surface area contributed by atoms with Crippen LogP contribution in [0.4, 0.5) is 0 Å². The Balaban J connectivity index is 2.06. The Bertz CT molecular complexity index is 505. The molecule has 0 unspecified atom stereocenters. The minimum absolute atomic E-state index is 0.507. The molecule has 0 amide bonds. The van der Waals surface area contributed by atoms with Gasteiger partial charge < -0.3 is 14.5 Å². The highest BCUT2D eigenvalue weighted by Gasteiger charge is 2.07. The van der Waals surface area contributed by atoms with Crippen LogP contribution in [0, 0.1) is 0 Å². The van der Waals surface area contributed by atoms with Gasteiger partial charge in [0.2, 0.25) is 11.8 Å². The van der Waals surface area contributed by atoms with E-state index in [0.29, 0.717) is 24.9 Å². The Hall–Kier alpha value is -2.14. The van der Waals surface area contributed by atoms with Gasteiger partial charge in [0.15, 0.2) is 0 Å². The average Bonchev–Trinajstić information content (AvgIpc) is 2.88. The molecule has 0 fully saturated rings. The molecule has 0 radical (unpaired) electrons. The maximum atomic E-state index is 5.53. The third-order valence-corrected chi connectivity index (χ3v) is 2.37. The highest BCUT2D eigenvalue weighted by Crippen LogP contribution is 2.20. The number of rotatable bonds is 6. The Morgan fingerprint density at radius 3 is 2.78 bits per heavy atom. The summed E-state index contributed by atoms with van der Waals surface area (Å²) in [6.07, 6.45) is 1.78. The van der Waals surface area contributed by atoms with Crippen LogP contribution in [-0.4, -0.2) is 23.9 Å². The van der Waals surface area contributed by atoms with E-state index in [0.717, 1.165) is 11.3 Å². The van der Waals surface area contributed by atoms with E-state index >= 15 is 0 Å². The van der Waals surface area contributed by atoms with E-state index in [2.05, 4.69) is 22.1 Å². The predicted octanol–water partition coefficient (Wildman–Crippen LogP) is 2.02. The largest absolute Gasteiger partial charge is 0.497 e. The summed E-state index contributed by atoms with van der Waals surface area (Å²) in [5.41, 5.74) is 0.873. The van der Waals surface area contributed by atoms with E-state index in [4.69, 9.17) is 9.15 Å². The van der Waals surface area contributed by atoms with E-state index in [1.54, 1.807) is 13.2 Å². The molecule has 0 aliphatic rings. The fourth-order valence-electron chi connectivity index (χ4n) is 1.46. The summed E-state index contributed by atoms with van der Waals surface area (Å²) in [6.45, 7) is 4.87. The summed E-state index contributed by atoms with van der Waals surface area (Å²) in [6, 6.07) is 7.48. The molecule has 0 bridgehead atoms. The number of hydrogen-bond donors (Lipinski definition) is 1. The molecule has 5 heteroatoms. The molecule has 2 aromatic rings. The van der Waals surface area contributed by atoms with Crippen molar-refractivity contribution in [3.8, 4) is 17.2 Å². The molecule has 1 aromatic carbocycles. The van der Waals surface area contributed by atoms with Crippen molar-refractivity contribution in [1.29, 1.82) is 0 Å². The molecule has 1 aromatic heterocycles. The van der Waals surface area contributed by atoms with Gasteiger partial charge in [-0.3, -0.25) is 0 Å². The van der Waals surface area contributed by atoms with Crippen molar-refractivity contribution in [3.05, 3.63) is 42.8 Å². The molecule has 0 saturated heterocycles. The van der Waals surface area contributed by atoms with Crippen LogP contribution in [0.15, 0.2) is 41.3 Å². The summed E-state index contributed by atoms with van der Waals surface area (Å²) >= 11 is 0. The van der Waals surface area contributed by atoms with Gasteiger partial charge in [-0.1, -0.05) is 6.08 Å². The summed E-state index contributed by atoms with van der Waals surface area (Å²) in [4.78, 5) is 0. The number of nitrogens with one attached hydrogen (secondary N) is 1. The van der Waals surface area contributed by atoms with Gasteiger partial charge in [0, 0.05) is 12.1 Å². The van der Waals surface area contributed by atoms with Crippen molar-refractivity contribution in [2.24, 2.45) is 0 Å². The second-order valence-corrected chi connectivity index (χ2v) is 3.65. The van der Waals surface area contributed by atoms with Crippen LogP contribution < -0.4 is 10.1 Å². The Morgan fingerprint density at radius 2 is 2.11 bits per heavy atom. The first-order valence-corrected chi connectivity index (χ1v) is 5.62. The molecule has 2 rings (SSSR count). The van der Waals surface area contributed by atoms with Crippen molar-refractivity contribution < 1.29 is 9.15 Å². The molecule has 5 nitrogen and oxygen atoms in total. The van der Waals surface area contributed by atoms with Gasteiger partial charge in [-0.05, 0) is 24.3 Å². The summed E-state index contributed by atoms with van der Waals surface area (Å²) in [5, 5.41) is 11.1. The Kier molecular flexibility index (Phi) is 4.09. The second kappa shape index (κ2) is 5.97. The van der Waals surface area contributed by atoms with Crippen molar-refractivity contribution in [3.63, 3.8) is 0 Å². The zero-order valence-electron chi connectivity index (χ0n) is 10.2. The summed E-state index contributed by atoms with van der Waals surface area (Å²) in [7, 11) is 1.63. The minimum Gasteiger partial charge on any atom is -0.497 e. The fraction of sp³-hybridized carbons (Fsp3) is 0.231. The van der Waals surface area contributed by atoms with Gasteiger partial charge in [-0.15, -0.1) is 16.8 Å². The monoisotopic (exact) mass is 245 g/mol. The molecule has 0 spiro atoms. The van der Waals surface area contributed by atoms with E-state index in [1.807, 2.05) is 24.3 Å². The van der Waals surface area contributed by atoms with Crippen molar-refractivity contribution in [2.75, 3.05) is 13.7 Å². The maximum Gasteiger partial charge on any atom is 0.247 e. The van der Waals surface area contributed by atoms with E-state index in [9.17, 15) is 0 Å². The molecule has 0 saturated carbocycles. The van der Waals surface area contributed by atoms with Gasteiger partial charge in [0.1, 0.15) is 5.75 Å². The van der Waals surface area contributed by atoms with E-state index in [-0.39, 0.29) is 0 Å². The first-order valence-electron chi connectivity index (χ1n) is 5.62. The summed E-state index contributed by atoms with van der Waals surface area (Å²) < 4.78 is 10.6. The molecule has 1 N–H and O–H groups in total. The number of nitrogens with zero attached hydrogens (tertiary/aromatic N) is 2. The number of ether oxygens (including phenoxy) is 1. The van der Waals surface area contributed by atoms with E-state index < -0.39 is 0 Å². The van der Waals surface area contributed by atoms with E-state index in [1.165, 1.54) is 0 Å². The topological polar surface area (TPSA) is 60.2 Å². The molecule has 1 heterocycles. The molecular weight excluding hydrogens is 230 g/mol. The lowest BCUT2D eigenvalue weighted by Gasteiger charge is -1.99. The molecular formula is C13H15N3O2. The SMILES string of the molecule is C=CCNCc1nnc(-c2ccc(OC)cc2)o1. The minimum atomic E-state index is 0.507. The average molecular weight is 245 g/mol. The lowest BCUT2D eigenvalue weighted by atomic mass is 10.2. The highest BCUT2D eigenvalue weighted by atomic mass is 16.5. The maximum absolute atomic E-state index is 5.53. The predicted molar refractivity (Wildman–Crippen MR) is 68.2 cm³/mol. The normalized spacial score (nSPS) is 10.3. The fourth-order valence-corrected chi connectivity index (χ4v) is 1.46. The standard InChI is InChI=1S/C13H15N3O2/c1-3-8-14-9-12-15-16-13(18-12)10-4-6-11(17-2)7-5-10/h3-7,14H,1,8-9H2,2H3. The quantitative estimate of drug-likeness (QED) is 0.623. The molecule has 0 aliphatic carbocycles. The van der Waals surface area contributed by atoms with Gasteiger partial charge >= 0.3 is 0 Å². The van der Waals surface area contributed by atoms with Gasteiger partial charge in [-0.2, -0.15) is 0 Å². The lowest BCUT2D eigenvalue weighted by molar-refractivity contribution is 0.415. The Labute approximate surface area is 105 Å². The van der Waals surface area contributed by atoms with Crippen molar-refractivity contribution in [1.82, 2.24) is 15.5 Å². The highest BCUT2D eigenvalue weighted by molar-refractivity contribution is 5.53. The van der Waals surface area contributed by atoms with Crippen LogP contribution in [0.5, 0.6) is 5.75 Å². The van der Waals surface area contributed by atoms with Crippen molar-refractivity contribution >= 4 is 0 Å². The van der Waals surface area contributed by atoms with Crippen LogP contribution in [0.1, 0.15) is 5.89 Å². The molecule has 94 valence electrons. The van der Waals surface area contributed by atoms with Gasteiger partial charge in [-0.25, -0.2) is 0 Å².